The first kappa shape index (κ1) is 19.0. The maximum Gasteiger partial charge on any atom is 0.339 e. The van der Waals surface area contributed by atoms with Gasteiger partial charge < -0.3 is 14.8 Å². The molecule has 7 nitrogen and oxygen atoms in total. The van der Waals surface area contributed by atoms with Crippen LogP contribution in [0.15, 0.2) is 58.5 Å². The van der Waals surface area contributed by atoms with E-state index in [1.165, 1.54) is 10.9 Å². The average molecular weight is 428 g/mol. The van der Waals surface area contributed by atoms with Gasteiger partial charge in [-0.15, -0.1) is 11.3 Å². The molecule has 3 aromatic heterocycles. The summed E-state index contributed by atoms with van der Waals surface area (Å²) >= 11 is 7.05. The lowest BCUT2D eigenvalue weighted by Crippen LogP contribution is -2.14. The van der Waals surface area contributed by atoms with Crippen molar-refractivity contribution in [1.82, 2.24) is 9.78 Å². The number of aromatic carboxylic acids is 1. The van der Waals surface area contributed by atoms with E-state index in [1.807, 2.05) is 0 Å². The van der Waals surface area contributed by atoms with Gasteiger partial charge in [-0.3, -0.25) is 9.48 Å². The highest BCUT2D eigenvalue weighted by Gasteiger charge is 2.23. The summed E-state index contributed by atoms with van der Waals surface area (Å²) in [5.74, 6) is -1.07. The van der Waals surface area contributed by atoms with Crippen molar-refractivity contribution in [3.05, 3.63) is 70.4 Å². The van der Waals surface area contributed by atoms with E-state index in [1.54, 1.807) is 54.9 Å². The summed E-state index contributed by atoms with van der Waals surface area (Å²) in [6.45, 7) is 0. The molecule has 0 aliphatic rings. The first-order valence-electron chi connectivity index (χ1n) is 8.44. The van der Waals surface area contributed by atoms with Crippen LogP contribution in [0.1, 0.15) is 20.8 Å². The number of amides is 1. The molecule has 0 atom stereocenters. The number of nitrogens with zero attached hydrogens (tertiary/aromatic N) is 2. The predicted octanol–water partition coefficient (Wildman–Crippen LogP) is 5.01. The van der Waals surface area contributed by atoms with Crippen LogP contribution in [-0.4, -0.2) is 26.8 Å². The van der Waals surface area contributed by atoms with Gasteiger partial charge in [-0.2, -0.15) is 5.10 Å². The fourth-order valence-corrected chi connectivity index (χ4v) is 3.99. The van der Waals surface area contributed by atoms with Crippen LogP contribution in [-0.2, 0) is 7.05 Å². The van der Waals surface area contributed by atoms with Gasteiger partial charge in [-0.25, -0.2) is 4.79 Å². The molecular weight excluding hydrogens is 414 g/mol. The molecule has 1 aromatic carbocycles. The molecule has 1 amide bonds. The molecule has 0 aliphatic carbocycles. The number of carbonyl (C=O) groups excluding carboxylic acids is 1. The lowest BCUT2D eigenvalue weighted by molar-refractivity contribution is 0.0699. The Hall–Kier alpha value is -3.36. The molecular formula is C20H14ClN3O4S. The van der Waals surface area contributed by atoms with E-state index in [4.69, 9.17) is 16.0 Å². The van der Waals surface area contributed by atoms with E-state index in [-0.39, 0.29) is 16.3 Å². The fraction of sp³-hybridized carbons (Fsp3) is 0.0500. The van der Waals surface area contributed by atoms with Gasteiger partial charge in [-0.1, -0.05) is 23.7 Å². The highest BCUT2D eigenvalue weighted by atomic mass is 35.5. The summed E-state index contributed by atoms with van der Waals surface area (Å²) < 4.78 is 6.87. The van der Waals surface area contributed by atoms with Gasteiger partial charge in [-0.05, 0) is 29.8 Å². The zero-order valence-electron chi connectivity index (χ0n) is 15.0. The molecule has 29 heavy (non-hydrogen) atoms. The number of carbonyl (C=O) groups is 2. The Morgan fingerprint density at radius 1 is 1.24 bits per heavy atom. The normalized spacial score (nSPS) is 10.8. The second-order valence-corrected chi connectivity index (χ2v) is 7.45. The Kier molecular flexibility index (Phi) is 4.96. The second-order valence-electron chi connectivity index (χ2n) is 6.14. The van der Waals surface area contributed by atoms with Crippen molar-refractivity contribution in [3.8, 4) is 22.6 Å². The van der Waals surface area contributed by atoms with Crippen LogP contribution in [0.3, 0.4) is 0 Å². The molecule has 2 N–H and O–H groups in total. The average Bonchev–Trinajstić information content (AvgIpc) is 3.41. The van der Waals surface area contributed by atoms with E-state index in [0.29, 0.717) is 27.6 Å². The van der Waals surface area contributed by atoms with Crippen molar-refractivity contribution in [3.63, 3.8) is 0 Å². The molecule has 0 radical (unpaired) electrons. The predicted molar refractivity (Wildman–Crippen MR) is 111 cm³/mol. The standard InChI is InChI=1S/C20H14ClN3O4S/c1-24-15(16-3-2-8-28-16)9-14(23-24)18(25)22-19-17(20(26)27)13(10-29-19)11-4-6-12(21)7-5-11/h2-10H,1H3,(H,22,25)(H,26,27). The Balaban J connectivity index is 1.64. The maximum atomic E-state index is 12.7. The van der Waals surface area contributed by atoms with E-state index in [2.05, 4.69) is 10.4 Å². The number of carboxylic acid groups (broad SMARTS) is 1. The number of nitrogens with one attached hydrogen (secondary N) is 1. The number of rotatable bonds is 5. The van der Waals surface area contributed by atoms with Gasteiger partial charge in [0.2, 0.25) is 0 Å². The van der Waals surface area contributed by atoms with Gasteiger partial charge >= 0.3 is 5.97 Å². The molecule has 4 rings (SSSR count). The number of aromatic nitrogens is 2. The smallest absolute Gasteiger partial charge is 0.339 e. The summed E-state index contributed by atoms with van der Waals surface area (Å²) in [6.07, 6.45) is 1.53. The van der Waals surface area contributed by atoms with Crippen molar-refractivity contribution in [2.45, 2.75) is 0 Å². The molecule has 0 bridgehead atoms. The van der Waals surface area contributed by atoms with Crippen molar-refractivity contribution in [2.24, 2.45) is 7.05 Å². The highest BCUT2D eigenvalue weighted by molar-refractivity contribution is 7.15. The van der Waals surface area contributed by atoms with E-state index in [9.17, 15) is 14.7 Å². The van der Waals surface area contributed by atoms with Gasteiger partial charge in [0.25, 0.3) is 5.91 Å². The minimum absolute atomic E-state index is 0.0212. The number of furan rings is 1. The van der Waals surface area contributed by atoms with E-state index in [0.717, 1.165) is 11.3 Å². The van der Waals surface area contributed by atoms with Crippen LogP contribution in [0.4, 0.5) is 5.00 Å². The van der Waals surface area contributed by atoms with Crippen LogP contribution in [0.2, 0.25) is 5.02 Å². The van der Waals surface area contributed by atoms with Gasteiger partial charge in [0.15, 0.2) is 11.5 Å². The number of hydrogen-bond donors (Lipinski definition) is 2. The van der Waals surface area contributed by atoms with Crippen molar-refractivity contribution in [1.29, 1.82) is 0 Å². The quantitative estimate of drug-likeness (QED) is 0.466. The molecule has 9 heteroatoms. The molecule has 0 saturated carbocycles. The molecule has 0 aliphatic heterocycles. The van der Waals surface area contributed by atoms with E-state index < -0.39 is 11.9 Å². The number of carboxylic acids is 1. The molecule has 0 unspecified atom stereocenters. The number of aryl methyl sites for hydroxylation is 1. The summed E-state index contributed by atoms with van der Waals surface area (Å²) in [4.78, 5) is 24.6. The molecule has 0 saturated heterocycles. The third-order valence-electron chi connectivity index (χ3n) is 4.27. The zero-order chi connectivity index (χ0) is 20.5. The molecule has 4 aromatic rings. The summed E-state index contributed by atoms with van der Waals surface area (Å²) in [5.41, 5.74) is 2.00. The zero-order valence-corrected chi connectivity index (χ0v) is 16.6. The highest BCUT2D eigenvalue weighted by Crippen LogP contribution is 2.36. The van der Waals surface area contributed by atoms with Gasteiger partial charge in [0.05, 0.1) is 6.26 Å². The minimum atomic E-state index is -1.14. The summed E-state index contributed by atoms with van der Waals surface area (Å²) in [6, 6.07) is 11.9. The summed E-state index contributed by atoms with van der Waals surface area (Å²) in [5, 5.41) is 19.0. The topological polar surface area (TPSA) is 97.4 Å². The van der Waals surface area contributed by atoms with Crippen LogP contribution in [0, 0.1) is 0 Å². The van der Waals surface area contributed by atoms with Gasteiger partial charge in [0.1, 0.15) is 16.3 Å². The lowest BCUT2D eigenvalue weighted by atomic mass is 10.0. The minimum Gasteiger partial charge on any atom is -0.478 e. The molecule has 3 heterocycles. The molecule has 0 spiro atoms. The van der Waals surface area contributed by atoms with Crippen LogP contribution >= 0.6 is 22.9 Å². The van der Waals surface area contributed by atoms with Crippen molar-refractivity contribution < 1.29 is 19.1 Å². The number of halogens is 1. The van der Waals surface area contributed by atoms with Crippen LogP contribution in [0.5, 0.6) is 0 Å². The third-order valence-corrected chi connectivity index (χ3v) is 5.42. The van der Waals surface area contributed by atoms with Gasteiger partial charge in [0, 0.05) is 29.1 Å². The number of thiophene rings is 1. The van der Waals surface area contributed by atoms with E-state index >= 15 is 0 Å². The Bertz CT molecular complexity index is 1190. The van der Waals surface area contributed by atoms with Crippen molar-refractivity contribution >= 4 is 39.8 Å². The van der Waals surface area contributed by atoms with Crippen molar-refractivity contribution in [2.75, 3.05) is 5.32 Å². The molecule has 146 valence electrons. The lowest BCUT2D eigenvalue weighted by Gasteiger charge is -2.05. The third kappa shape index (κ3) is 3.67. The maximum absolute atomic E-state index is 12.7. The number of anilines is 1. The SMILES string of the molecule is Cn1nc(C(=O)Nc2scc(-c3ccc(Cl)cc3)c2C(=O)O)cc1-c1ccco1. The Labute approximate surface area is 174 Å². The van der Waals surface area contributed by atoms with Crippen LogP contribution < -0.4 is 5.32 Å². The largest absolute Gasteiger partial charge is 0.478 e. The first-order valence-corrected chi connectivity index (χ1v) is 9.70. The fourth-order valence-electron chi connectivity index (χ4n) is 2.90. The molecule has 0 fully saturated rings. The first-order chi connectivity index (χ1) is 13.9. The number of benzene rings is 1. The Morgan fingerprint density at radius 2 is 2.00 bits per heavy atom. The summed E-state index contributed by atoms with van der Waals surface area (Å²) in [7, 11) is 1.70. The second kappa shape index (κ2) is 7.57. The van der Waals surface area contributed by atoms with Crippen LogP contribution in [0.25, 0.3) is 22.6 Å². The monoisotopic (exact) mass is 427 g/mol. The number of hydrogen-bond acceptors (Lipinski definition) is 5. The Morgan fingerprint density at radius 3 is 2.66 bits per heavy atom.